The molecule has 1 fully saturated rings. The van der Waals surface area contributed by atoms with E-state index in [1.165, 1.54) is 0 Å². The zero-order valence-electron chi connectivity index (χ0n) is 11.0. The summed E-state index contributed by atoms with van der Waals surface area (Å²) in [6, 6.07) is 0.571. The van der Waals surface area contributed by atoms with E-state index in [0.717, 1.165) is 12.8 Å². The minimum atomic E-state index is -4.10. The van der Waals surface area contributed by atoms with Crippen molar-refractivity contribution in [3.8, 4) is 0 Å². The molecule has 0 spiro atoms. The first-order valence-electron chi connectivity index (χ1n) is 6.22. The van der Waals surface area contributed by atoms with Crippen molar-refractivity contribution >= 4 is 22.4 Å². The smallest absolute Gasteiger partial charge is 0.241 e. The Morgan fingerprint density at radius 1 is 1.19 bits per heavy atom. The summed E-state index contributed by atoms with van der Waals surface area (Å²) in [5, 5.41) is 0. The molecule has 0 bridgehead atoms. The topological polar surface area (TPSA) is 72.2 Å². The summed E-state index contributed by atoms with van der Waals surface area (Å²) in [6.45, 7) is 0.333. The van der Waals surface area contributed by atoms with Crippen LogP contribution in [0.5, 0.6) is 0 Å². The average Bonchev–Trinajstić information content (AvgIpc) is 2.81. The minimum absolute atomic E-state index is 0. The fourth-order valence-corrected chi connectivity index (χ4v) is 3.79. The van der Waals surface area contributed by atoms with Gasteiger partial charge in [0.15, 0.2) is 17.5 Å². The van der Waals surface area contributed by atoms with Gasteiger partial charge in [0.25, 0.3) is 0 Å². The Hall–Kier alpha value is -0.830. The first kappa shape index (κ1) is 18.2. The maximum Gasteiger partial charge on any atom is 0.241 e. The molecule has 3 N–H and O–H groups in total. The van der Waals surface area contributed by atoms with Crippen LogP contribution < -0.4 is 10.5 Å². The van der Waals surface area contributed by atoms with Gasteiger partial charge in [-0.1, -0.05) is 6.42 Å². The summed E-state index contributed by atoms with van der Waals surface area (Å²) in [7, 11) is -4.10. The minimum Gasteiger partial charge on any atom is -0.330 e. The first-order valence-corrected chi connectivity index (χ1v) is 7.70. The molecule has 0 saturated heterocycles. The van der Waals surface area contributed by atoms with Crippen LogP contribution in [0.25, 0.3) is 0 Å². The van der Waals surface area contributed by atoms with Gasteiger partial charge < -0.3 is 5.73 Å². The molecule has 0 aromatic heterocycles. The number of halogens is 4. The first-order chi connectivity index (χ1) is 9.35. The van der Waals surface area contributed by atoms with Crippen molar-refractivity contribution in [2.45, 2.75) is 30.2 Å². The highest BCUT2D eigenvalue weighted by atomic mass is 35.5. The lowest BCUT2D eigenvalue weighted by Crippen LogP contribution is -2.39. The van der Waals surface area contributed by atoms with E-state index in [1.54, 1.807) is 0 Å². The van der Waals surface area contributed by atoms with Crippen molar-refractivity contribution in [3.05, 3.63) is 29.6 Å². The molecule has 1 aliphatic carbocycles. The van der Waals surface area contributed by atoms with E-state index in [2.05, 4.69) is 4.72 Å². The van der Waals surface area contributed by atoms with Crippen LogP contribution in [0.1, 0.15) is 19.3 Å². The third kappa shape index (κ3) is 3.88. The Morgan fingerprint density at radius 3 is 2.29 bits per heavy atom. The molecule has 0 amide bonds. The van der Waals surface area contributed by atoms with Gasteiger partial charge >= 0.3 is 0 Å². The van der Waals surface area contributed by atoms with Gasteiger partial charge in [-0.2, -0.15) is 0 Å². The van der Waals surface area contributed by atoms with Crippen LogP contribution in [0.3, 0.4) is 0 Å². The molecule has 1 aromatic rings. The van der Waals surface area contributed by atoms with E-state index in [4.69, 9.17) is 5.73 Å². The van der Waals surface area contributed by atoms with Gasteiger partial charge in [0, 0.05) is 6.04 Å². The van der Waals surface area contributed by atoms with Gasteiger partial charge in [-0.25, -0.2) is 26.3 Å². The molecular weight excluding hydrogens is 329 g/mol. The van der Waals surface area contributed by atoms with Gasteiger partial charge in [-0.3, -0.25) is 0 Å². The molecule has 1 aliphatic rings. The molecule has 0 heterocycles. The van der Waals surface area contributed by atoms with Crippen LogP contribution in [-0.4, -0.2) is 21.0 Å². The van der Waals surface area contributed by atoms with Crippen molar-refractivity contribution in [2.24, 2.45) is 11.7 Å². The fourth-order valence-electron chi connectivity index (χ4n) is 2.43. The van der Waals surface area contributed by atoms with Gasteiger partial charge in [0.2, 0.25) is 10.0 Å². The van der Waals surface area contributed by atoms with Crippen LogP contribution in [0.2, 0.25) is 0 Å². The number of nitrogens with two attached hydrogens (primary N) is 1. The predicted molar refractivity (Wildman–Crippen MR) is 74.1 cm³/mol. The van der Waals surface area contributed by atoms with Crippen molar-refractivity contribution < 1.29 is 21.6 Å². The zero-order valence-corrected chi connectivity index (χ0v) is 12.6. The van der Waals surface area contributed by atoms with E-state index in [0.29, 0.717) is 25.1 Å². The van der Waals surface area contributed by atoms with Gasteiger partial charge in [0.1, 0.15) is 0 Å². The largest absolute Gasteiger partial charge is 0.330 e. The SMILES string of the molecule is Cl.NCC1CCCC1NS(=O)(=O)c1cc(F)c(F)c(F)c1. The number of rotatable bonds is 4. The summed E-state index contributed by atoms with van der Waals surface area (Å²) >= 11 is 0. The quantitative estimate of drug-likeness (QED) is 0.820. The molecule has 2 rings (SSSR count). The molecule has 9 heteroatoms. The second-order valence-electron chi connectivity index (χ2n) is 4.86. The van der Waals surface area contributed by atoms with Crippen LogP contribution in [0.4, 0.5) is 13.2 Å². The highest BCUT2D eigenvalue weighted by Crippen LogP contribution is 2.26. The van der Waals surface area contributed by atoms with E-state index >= 15 is 0 Å². The lowest BCUT2D eigenvalue weighted by molar-refractivity contribution is 0.438. The molecule has 21 heavy (non-hydrogen) atoms. The van der Waals surface area contributed by atoms with E-state index in [9.17, 15) is 21.6 Å². The number of sulfonamides is 1. The lowest BCUT2D eigenvalue weighted by atomic mass is 10.1. The Kier molecular flexibility index (Phi) is 6.03. The molecule has 4 nitrogen and oxygen atoms in total. The zero-order chi connectivity index (χ0) is 14.9. The molecule has 1 aromatic carbocycles. The van der Waals surface area contributed by atoms with Crippen molar-refractivity contribution in [1.29, 1.82) is 0 Å². The summed E-state index contributed by atoms with van der Waals surface area (Å²) in [5.41, 5.74) is 5.55. The van der Waals surface area contributed by atoms with Crippen LogP contribution >= 0.6 is 12.4 Å². The Labute approximate surface area is 127 Å². The number of benzene rings is 1. The third-order valence-electron chi connectivity index (χ3n) is 3.54. The lowest BCUT2D eigenvalue weighted by Gasteiger charge is -2.19. The molecule has 2 atom stereocenters. The molecule has 0 radical (unpaired) electrons. The predicted octanol–water partition coefficient (Wildman–Crippen LogP) is 1.93. The average molecular weight is 345 g/mol. The maximum atomic E-state index is 13.1. The van der Waals surface area contributed by atoms with Crippen LogP contribution in [0, 0.1) is 23.4 Å². The van der Waals surface area contributed by atoms with Crippen molar-refractivity contribution in [3.63, 3.8) is 0 Å². The highest BCUT2D eigenvalue weighted by molar-refractivity contribution is 7.89. The van der Waals surface area contributed by atoms with Gasteiger partial charge in [0.05, 0.1) is 4.90 Å². The highest BCUT2D eigenvalue weighted by Gasteiger charge is 2.31. The second kappa shape index (κ2) is 6.95. The molecule has 0 aliphatic heterocycles. The Bertz CT molecular complexity index is 590. The summed E-state index contributed by atoms with van der Waals surface area (Å²) in [6.07, 6.45) is 2.25. The Morgan fingerprint density at radius 2 is 1.76 bits per heavy atom. The number of nitrogens with one attached hydrogen (secondary N) is 1. The number of hydrogen-bond donors (Lipinski definition) is 2. The summed E-state index contributed by atoms with van der Waals surface area (Å²) in [5.74, 6) is -4.76. The molecular formula is C12H16ClF3N2O2S. The van der Waals surface area contributed by atoms with Crippen molar-refractivity contribution in [2.75, 3.05) is 6.54 Å². The van der Waals surface area contributed by atoms with Crippen LogP contribution in [-0.2, 0) is 10.0 Å². The third-order valence-corrected chi connectivity index (χ3v) is 5.01. The summed E-state index contributed by atoms with van der Waals surface area (Å²) in [4.78, 5) is -0.628. The monoisotopic (exact) mass is 344 g/mol. The Balaban J connectivity index is 0.00000220. The fraction of sp³-hybridized carbons (Fsp3) is 0.500. The van der Waals surface area contributed by atoms with E-state index in [-0.39, 0.29) is 24.4 Å². The normalized spacial score (nSPS) is 22.1. The summed E-state index contributed by atoms with van der Waals surface area (Å²) < 4.78 is 65.5. The van der Waals surface area contributed by atoms with Crippen molar-refractivity contribution in [1.82, 2.24) is 4.72 Å². The van der Waals surface area contributed by atoms with Gasteiger partial charge in [-0.15, -0.1) is 12.4 Å². The number of hydrogen-bond acceptors (Lipinski definition) is 3. The van der Waals surface area contributed by atoms with Crippen LogP contribution in [0.15, 0.2) is 17.0 Å². The van der Waals surface area contributed by atoms with Gasteiger partial charge in [-0.05, 0) is 37.4 Å². The second-order valence-corrected chi connectivity index (χ2v) is 6.57. The van der Waals surface area contributed by atoms with E-state index in [1.807, 2.05) is 0 Å². The van der Waals surface area contributed by atoms with E-state index < -0.39 is 32.4 Å². The molecule has 120 valence electrons. The molecule has 1 saturated carbocycles. The standard InChI is InChI=1S/C12H15F3N2O2S.ClH/c13-9-4-8(5-10(14)12(9)15)20(18,19)17-11-3-1-2-7(11)6-16;/h4-5,7,11,17H,1-3,6,16H2;1H. The maximum absolute atomic E-state index is 13.1. The molecule has 2 unspecified atom stereocenters.